The van der Waals surface area contributed by atoms with Crippen molar-refractivity contribution in [3.05, 3.63) is 0 Å². The summed E-state index contributed by atoms with van der Waals surface area (Å²) in [5.41, 5.74) is 0. The number of alkyl halides is 3. The maximum atomic E-state index is 12.2. The van der Waals surface area contributed by atoms with Gasteiger partial charge in [-0.2, -0.15) is 13.2 Å². The van der Waals surface area contributed by atoms with E-state index in [9.17, 15) is 22.8 Å². The summed E-state index contributed by atoms with van der Waals surface area (Å²) in [5, 5.41) is 19.0. The van der Waals surface area contributed by atoms with Crippen LogP contribution in [0.4, 0.5) is 18.0 Å². The Morgan fingerprint density at radius 2 is 1.94 bits per heavy atom. The van der Waals surface area contributed by atoms with Crippen LogP contribution >= 0.6 is 0 Å². The molecule has 0 unspecified atom stereocenters. The fourth-order valence-electron chi connectivity index (χ4n) is 1.16. The van der Waals surface area contributed by atoms with E-state index >= 15 is 0 Å². The van der Waals surface area contributed by atoms with Gasteiger partial charge in [0, 0.05) is 6.54 Å². The van der Waals surface area contributed by atoms with Crippen molar-refractivity contribution in [2.24, 2.45) is 0 Å². The monoisotopic (exact) mass is 272 g/mol. The summed E-state index contributed by atoms with van der Waals surface area (Å²) in [5.74, 6) is -1.52. The molecule has 2 amide bonds. The standard InChI is InChI=1S/C9H15F3N2O4/c1-2-3-14(5-9(10,11)12)8(18)13-6(4-15)7(16)17/h6,15H,2-5H2,1H3,(H,13,18)(H,16,17)/t6-/m0/s1. The van der Waals surface area contributed by atoms with Crippen molar-refractivity contribution in [3.63, 3.8) is 0 Å². The maximum absolute atomic E-state index is 12.2. The van der Waals surface area contributed by atoms with Crippen LogP contribution in [0.2, 0.25) is 0 Å². The van der Waals surface area contributed by atoms with Crippen LogP contribution in [0, 0.1) is 0 Å². The van der Waals surface area contributed by atoms with E-state index in [0.717, 1.165) is 0 Å². The molecule has 0 fully saturated rings. The molecule has 0 spiro atoms. The van der Waals surface area contributed by atoms with Gasteiger partial charge in [0.2, 0.25) is 0 Å². The molecule has 0 heterocycles. The molecule has 9 heteroatoms. The van der Waals surface area contributed by atoms with Gasteiger partial charge in [0.05, 0.1) is 6.61 Å². The van der Waals surface area contributed by atoms with Crippen molar-refractivity contribution in [3.8, 4) is 0 Å². The number of nitrogens with one attached hydrogen (secondary N) is 1. The molecular formula is C9H15F3N2O4. The Morgan fingerprint density at radius 3 is 2.28 bits per heavy atom. The largest absolute Gasteiger partial charge is 0.480 e. The van der Waals surface area contributed by atoms with Crippen molar-refractivity contribution in [2.75, 3.05) is 19.7 Å². The molecule has 3 N–H and O–H groups in total. The molecular weight excluding hydrogens is 257 g/mol. The third-order valence-corrected chi connectivity index (χ3v) is 1.93. The van der Waals surface area contributed by atoms with E-state index in [2.05, 4.69) is 0 Å². The molecule has 1 atom stereocenters. The van der Waals surface area contributed by atoms with Crippen LogP contribution in [0.3, 0.4) is 0 Å². The summed E-state index contributed by atoms with van der Waals surface area (Å²) < 4.78 is 36.5. The van der Waals surface area contributed by atoms with Gasteiger partial charge >= 0.3 is 18.2 Å². The minimum absolute atomic E-state index is 0.164. The summed E-state index contributed by atoms with van der Waals surface area (Å²) in [4.78, 5) is 22.4. The molecule has 18 heavy (non-hydrogen) atoms. The highest BCUT2D eigenvalue weighted by Crippen LogP contribution is 2.16. The van der Waals surface area contributed by atoms with E-state index < -0.39 is 37.4 Å². The number of carboxylic acids is 1. The van der Waals surface area contributed by atoms with E-state index in [1.54, 1.807) is 6.92 Å². The summed E-state index contributed by atoms with van der Waals surface area (Å²) in [6.45, 7) is -0.946. The van der Waals surface area contributed by atoms with Crippen LogP contribution in [-0.2, 0) is 4.79 Å². The number of rotatable bonds is 6. The van der Waals surface area contributed by atoms with E-state index in [4.69, 9.17) is 10.2 Å². The SMILES string of the molecule is CCCN(CC(F)(F)F)C(=O)N[C@@H](CO)C(=O)O. The molecule has 0 aliphatic rings. The number of aliphatic carboxylic acids is 1. The lowest BCUT2D eigenvalue weighted by Crippen LogP contribution is -2.51. The molecule has 0 aromatic rings. The molecule has 0 bridgehead atoms. The van der Waals surface area contributed by atoms with Crippen LogP contribution in [0.5, 0.6) is 0 Å². The van der Waals surface area contributed by atoms with E-state index in [-0.39, 0.29) is 6.54 Å². The fourth-order valence-corrected chi connectivity index (χ4v) is 1.16. The summed E-state index contributed by atoms with van der Waals surface area (Å²) in [6, 6.07) is -2.79. The van der Waals surface area contributed by atoms with Gasteiger partial charge in [-0.3, -0.25) is 0 Å². The smallest absolute Gasteiger partial charge is 0.406 e. The van der Waals surface area contributed by atoms with Crippen molar-refractivity contribution in [1.29, 1.82) is 0 Å². The van der Waals surface area contributed by atoms with Gasteiger partial charge in [0.15, 0.2) is 6.04 Å². The Labute approximate surface area is 101 Å². The van der Waals surface area contributed by atoms with Gasteiger partial charge in [-0.15, -0.1) is 0 Å². The first-order chi connectivity index (χ1) is 8.21. The second kappa shape index (κ2) is 7.04. The number of carbonyl (C=O) groups excluding carboxylic acids is 1. The van der Waals surface area contributed by atoms with Crippen molar-refractivity contribution >= 4 is 12.0 Å². The molecule has 0 saturated heterocycles. The first-order valence-corrected chi connectivity index (χ1v) is 5.17. The number of halogens is 3. The number of urea groups is 1. The molecule has 6 nitrogen and oxygen atoms in total. The van der Waals surface area contributed by atoms with Gasteiger partial charge in [-0.05, 0) is 6.42 Å². The van der Waals surface area contributed by atoms with E-state index in [1.165, 1.54) is 0 Å². The molecule has 0 aliphatic carbocycles. The number of carbonyl (C=O) groups is 2. The average Bonchev–Trinajstić information content (AvgIpc) is 2.22. The number of hydrogen-bond donors (Lipinski definition) is 3. The van der Waals surface area contributed by atoms with Crippen molar-refractivity contribution < 1.29 is 33.0 Å². The number of hydrogen-bond acceptors (Lipinski definition) is 3. The van der Waals surface area contributed by atoms with E-state index in [0.29, 0.717) is 11.3 Å². The lowest BCUT2D eigenvalue weighted by Gasteiger charge is -2.25. The normalized spacial score (nSPS) is 12.9. The molecule has 0 saturated carbocycles. The van der Waals surface area contributed by atoms with Crippen LogP contribution in [0.1, 0.15) is 13.3 Å². The summed E-state index contributed by atoms with van der Waals surface area (Å²) in [6.07, 6.45) is -4.27. The van der Waals surface area contributed by atoms with Crippen LogP contribution in [-0.4, -0.2) is 59.0 Å². The predicted molar refractivity (Wildman–Crippen MR) is 55.0 cm³/mol. The summed E-state index contributed by atoms with van der Waals surface area (Å²) >= 11 is 0. The number of nitrogens with zero attached hydrogens (tertiary/aromatic N) is 1. The zero-order chi connectivity index (χ0) is 14.3. The zero-order valence-electron chi connectivity index (χ0n) is 9.70. The van der Waals surface area contributed by atoms with Gasteiger partial charge in [0.1, 0.15) is 6.54 Å². The first-order valence-electron chi connectivity index (χ1n) is 5.17. The third-order valence-electron chi connectivity index (χ3n) is 1.93. The molecule has 106 valence electrons. The van der Waals surface area contributed by atoms with Gasteiger partial charge in [0.25, 0.3) is 0 Å². The van der Waals surface area contributed by atoms with Crippen molar-refractivity contribution in [1.82, 2.24) is 10.2 Å². The first kappa shape index (κ1) is 16.5. The second-order valence-electron chi connectivity index (χ2n) is 3.56. The highest BCUT2D eigenvalue weighted by molar-refractivity contribution is 5.82. The molecule has 0 aromatic carbocycles. The van der Waals surface area contributed by atoms with Gasteiger partial charge in [-0.25, -0.2) is 9.59 Å². The third kappa shape index (κ3) is 6.28. The molecule has 0 radical (unpaired) electrons. The number of amides is 2. The summed E-state index contributed by atoms with van der Waals surface area (Å²) in [7, 11) is 0. The Morgan fingerprint density at radius 1 is 1.39 bits per heavy atom. The lowest BCUT2D eigenvalue weighted by atomic mass is 10.3. The Kier molecular flexibility index (Phi) is 6.45. The number of aliphatic hydroxyl groups excluding tert-OH is 1. The highest BCUT2D eigenvalue weighted by atomic mass is 19.4. The number of carboxylic acid groups (broad SMARTS) is 1. The predicted octanol–water partition coefficient (Wildman–Crippen LogP) is 0.416. The Hall–Kier alpha value is -1.51. The minimum atomic E-state index is -4.57. The van der Waals surface area contributed by atoms with Crippen LogP contribution < -0.4 is 5.32 Å². The molecule has 0 aromatic heterocycles. The second-order valence-corrected chi connectivity index (χ2v) is 3.56. The van der Waals surface area contributed by atoms with E-state index in [1.807, 2.05) is 5.32 Å². The Balaban J connectivity index is 4.61. The highest BCUT2D eigenvalue weighted by Gasteiger charge is 2.33. The topological polar surface area (TPSA) is 89.9 Å². The van der Waals surface area contributed by atoms with Gasteiger partial charge < -0.3 is 20.4 Å². The maximum Gasteiger partial charge on any atom is 0.406 e. The number of aliphatic hydroxyl groups is 1. The lowest BCUT2D eigenvalue weighted by molar-refractivity contribution is -0.141. The fraction of sp³-hybridized carbons (Fsp3) is 0.778. The van der Waals surface area contributed by atoms with Crippen LogP contribution in [0.25, 0.3) is 0 Å². The van der Waals surface area contributed by atoms with Gasteiger partial charge in [-0.1, -0.05) is 6.92 Å². The average molecular weight is 272 g/mol. The van der Waals surface area contributed by atoms with Crippen molar-refractivity contribution in [2.45, 2.75) is 25.6 Å². The Bertz CT molecular complexity index is 296. The zero-order valence-corrected chi connectivity index (χ0v) is 9.70. The molecule has 0 rings (SSSR count). The minimum Gasteiger partial charge on any atom is -0.480 e. The van der Waals surface area contributed by atoms with Crippen LogP contribution in [0.15, 0.2) is 0 Å². The quantitative estimate of drug-likeness (QED) is 0.653. The molecule has 0 aliphatic heterocycles.